The van der Waals surface area contributed by atoms with Gasteiger partial charge in [-0.25, -0.2) is 4.98 Å². The van der Waals surface area contributed by atoms with Crippen LogP contribution in [-0.4, -0.2) is 45.2 Å². The second-order valence-corrected chi connectivity index (χ2v) is 3.80. The maximum Gasteiger partial charge on any atom is 0.320 e. The summed E-state index contributed by atoms with van der Waals surface area (Å²) in [6, 6.07) is -0.554. The molecular formula is C10H18N4O2. The zero-order valence-corrected chi connectivity index (χ0v) is 9.63. The highest BCUT2D eigenvalue weighted by molar-refractivity contribution is 5.73. The summed E-state index contributed by atoms with van der Waals surface area (Å²) in [5, 5.41) is 9.05. The monoisotopic (exact) mass is 226 g/mol. The minimum Gasteiger partial charge on any atom is -0.480 e. The lowest BCUT2D eigenvalue weighted by atomic mass is 10.2. The summed E-state index contributed by atoms with van der Waals surface area (Å²) < 4.78 is 1.87. The average molecular weight is 226 g/mol. The standard InChI is InChI=1S/C10H18N4O2/c1-13-6-5-12-9(13)7-14(2)8(3-4-11)10(15)16/h5-6,8H,3-4,7,11H2,1-2H3,(H,15,16). The fraction of sp³-hybridized carbons (Fsp3) is 0.600. The molecule has 0 aliphatic heterocycles. The summed E-state index contributed by atoms with van der Waals surface area (Å²) in [5.41, 5.74) is 5.40. The Morgan fingerprint density at radius 1 is 1.75 bits per heavy atom. The van der Waals surface area contributed by atoms with Gasteiger partial charge >= 0.3 is 5.97 Å². The van der Waals surface area contributed by atoms with E-state index in [-0.39, 0.29) is 0 Å². The van der Waals surface area contributed by atoms with Crippen molar-refractivity contribution in [3.63, 3.8) is 0 Å². The highest BCUT2D eigenvalue weighted by Gasteiger charge is 2.22. The number of aromatic nitrogens is 2. The molecule has 90 valence electrons. The molecule has 6 heteroatoms. The number of likely N-dealkylation sites (N-methyl/N-ethyl adjacent to an activating group) is 1. The molecule has 0 amide bonds. The highest BCUT2D eigenvalue weighted by Crippen LogP contribution is 2.06. The predicted molar refractivity (Wildman–Crippen MR) is 59.8 cm³/mol. The van der Waals surface area contributed by atoms with E-state index in [2.05, 4.69) is 4.98 Å². The van der Waals surface area contributed by atoms with Crippen molar-refractivity contribution in [2.75, 3.05) is 13.6 Å². The second kappa shape index (κ2) is 5.62. The number of rotatable bonds is 6. The molecule has 0 fully saturated rings. The van der Waals surface area contributed by atoms with Gasteiger partial charge in [-0.05, 0) is 20.0 Å². The Morgan fingerprint density at radius 3 is 2.88 bits per heavy atom. The zero-order chi connectivity index (χ0) is 12.1. The summed E-state index contributed by atoms with van der Waals surface area (Å²) in [6.07, 6.45) is 3.97. The molecule has 0 aliphatic rings. The summed E-state index contributed by atoms with van der Waals surface area (Å²) in [4.78, 5) is 16.9. The third kappa shape index (κ3) is 3.04. The molecule has 0 aliphatic carbocycles. The highest BCUT2D eigenvalue weighted by atomic mass is 16.4. The lowest BCUT2D eigenvalue weighted by Crippen LogP contribution is -2.40. The smallest absolute Gasteiger partial charge is 0.320 e. The fourth-order valence-corrected chi connectivity index (χ4v) is 1.57. The van der Waals surface area contributed by atoms with E-state index in [4.69, 9.17) is 10.8 Å². The van der Waals surface area contributed by atoms with E-state index in [1.807, 2.05) is 17.8 Å². The molecule has 1 unspecified atom stereocenters. The van der Waals surface area contributed by atoms with E-state index in [1.54, 1.807) is 18.1 Å². The van der Waals surface area contributed by atoms with Gasteiger partial charge < -0.3 is 15.4 Å². The van der Waals surface area contributed by atoms with Crippen LogP contribution in [0.1, 0.15) is 12.2 Å². The topological polar surface area (TPSA) is 84.4 Å². The summed E-state index contributed by atoms with van der Waals surface area (Å²) in [5.74, 6) is -0.00655. The third-order valence-corrected chi connectivity index (χ3v) is 2.57. The predicted octanol–water partition coefficient (Wildman–Crippen LogP) is -0.346. The van der Waals surface area contributed by atoms with Crippen LogP contribution in [0.2, 0.25) is 0 Å². The fourth-order valence-electron chi connectivity index (χ4n) is 1.57. The Hall–Kier alpha value is -1.40. The molecule has 1 rings (SSSR count). The first-order valence-corrected chi connectivity index (χ1v) is 5.15. The van der Waals surface area contributed by atoms with Crippen molar-refractivity contribution in [3.05, 3.63) is 18.2 Å². The molecular weight excluding hydrogens is 208 g/mol. The molecule has 0 spiro atoms. The van der Waals surface area contributed by atoms with Crippen LogP contribution in [0.5, 0.6) is 0 Å². The number of imidazole rings is 1. The number of carbonyl (C=O) groups is 1. The molecule has 6 nitrogen and oxygen atoms in total. The first-order valence-electron chi connectivity index (χ1n) is 5.15. The van der Waals surface area contributed by atoms with Gasteiger partial charge in [0.1, 0.15) is 11.9 Å². The van der Waals surface area contributed by atoms with Gasteiger partial charge in [-0.1, -0.05) is 0 Å². The van der Waals surface area contributed by atoms with Crippen LogP contribution in [-0.2, 0) is 18.4 Å². The van der Waals surface area contributed by atoms with E-state index >= 15 is 0 Å². The lowest BCUT2D eigenvalue weighted by molar-refractivity contribution is -0.143. The van der Waals surface area contributed by atoms with Gasteiger partial charge in [0.05, 0.1) is 6.54 Å². The SMILES string of the molecule is CN(Cc1nccn1C)C(CCN)C(=O)O. The molecule has 0 bridgehead atoms. The summed E-state index contributed by atoms with van der Waals surface area (Å²) >= 11 is 0. The maximum atomic E-state index is 11.0. The molecule has 16 heavy (non-hydrogen) atoms. The third-order valence-electron chi connectivity index (χ3n) is 2.57. The minimum atomic E-state index is -0.845. The zero-order valence-electron chi connectivity index (χ0n) is 9.63. The van der Waals surface area contributed by atoms with Crippen molar-refractivity contribution in [2.45, 2.75) is 19.0 Å². The molecule has 1 aromatic heterocycles. The van der Waals surface area contributed by atoms with Crippen molar-refractivity contribution in [1.82, 2.24) is 14.5 Å². The Labute approximate surface area is 94.7 Å². The van der Waals surface area contributed by atoms with Gasteiger partial charge in [-0.3, -0.25) is 9.69 Å². The largest absolute Gasteiger partial charge is 0.480 e. The normalized spacial score (nSPS) is 13.0. The molecule has 1 heterocycles. The number of aryl methyl sites for hydroxylation is 1. The molecule has 1 aromatic rings. The van der Waals surface area contributed by atoms with Crippen LogP contribution < -0.4 is 5.73 Å². The van der Waals surface area contributed by atoms with Crippen LogP contribution in [0.25, 0.3) is 0 Å². The Balaban J connectivity index is 2.65. The molecule has 3 N–H and O–H groups in total. The van der Waals surface area contributed by atoms with Crippen LogP contribution in [0.4, 0.5) is 0 Å². The van der Waals surface area contributed by atoms with Gasteiger partial charge in [0.25, 0.3) is 0 Å². The lowest BCUT2D eigenvalue weighted by Gasteiger charge is -2.23. The Bertz CT molecular complexity index is 350. The number of nitrogens with zero attached hydrogens (tertiary/aromatic N) is 3. The molecule has 1 atom stereocenters. The number of nitrogens with two attached hydrogens (primary N) is 1. The van der Waals surface area contributed by atoms with Crippen LogP contribution in [0, 0.1) is 0 Å². The second-order valence-electron chi connectivity index (χ2n) is 3.80. The molecule has 0 radical (unpaired) electrons. The summed E-state index contributed by atoms with van der Waals surface area (Å²) in [6.45, 7) is 0.863. The maximum absolute atomic E-state index is 11.0. The number of hydrogen-bond acceptors (Lipinski definition) is 4. The van der Waals surface area contributed by atoms with Crippen molar-refractivity contribution in [1.29, 1.82) is 0 Å². The van der Waals surface area contributed by atoms with E-state index in [9.17, 15) is 4.79 Å². The average Bonchev–Trinajstić information content (AvgIpc) is 2.60. The van der Waals surface area contributed by atoms with E-state index in [0.717, 1.165) is 5.82 Å². The first kappa shape index (κ1) is 12.7. The minimum absolute atomic E-state index is 0.363. The van der Waals surface area contributed by atoms with Gasteiger partial charge in [0.2, 0.25) is 0 Å². The van der Waals surface area contributed by atoms with Crippen molar-refractivity contribution >= 4 is 5.97 Å². The van der Waals surface area contributed by atoms with E-state index in [0.29, 0.717) is 19.5 Å². The van der Waals surface area contributed by atoms with E-state index in [1.165, 1.54) is 0 Å². The van der Waals surface area contributed by atoms with Gasteiger partial charge in [0.15, 0.2) is 0 Å². The van der Waals surface area contributed by atoms with Crippen molar-refractivity contribution < 1.29 is 9.90 Å². The van der Waals surface area contributed by atoms with Gasteiger partial charge in [-0.15, -0.1) is 0 Å². The van der Waals surface area contributed by atoms with Crippen LogP contribution in [0.3, 0.4) is 0 Å². The number of carboxylic acids is 1. The van der Waals surface area contributed by atoms with Gasteiger partial charge in [-0.2, -0.15) is 0 Å². The molecule has 0 aromatic carbocycles. The number of carboxylic acid groups (broad SMARTS) is 1. The first-order chi connectivity index (χ1) is 7.56. The number of hydrogen-bond donors (Lipinski definition) is 2. The molecule has 0 saturated carbocycles. The number of aliphatic carboxylic acids is 1. The molecule has 0 saturated heterocycles. The van der Waals surface area contributed by atoms with E-state index < -0.39 is 12.0 Å². The van der Waals surface area contributed by atoms with Crippen LogP contribution >= 0.6 is 0 Å². The van der Waals surface area contributed by atoms with Crippen molar-refractivity contribution in [3.8, 4) is 0 Å². The van der Waals surface area contributed by atoms with Crippen LogP contribution in [0.15, 0.2) is 12.4 Å². The van der Waals surface area contributed by atoms with Crippen molar-refractivity contribution in [2.24, 2.45) is 12.8 Å². The Kier molecular flexibility index (Phi) is 4.45. The summed E-state index contributed by atoms with van der Waals surface area (Å²) in [7, 11) is 3.65. The van der Waals surface area contributed by atoms with Gasteiger partial charge in [0, 0.05) is 19.4 Å². The Morgan fingerprint density at radius 2 is 2.44 bits per heavy atom. The quantitative estimate of drug-likeness (QED) is 0.693.